The van der Waals surface area contributed by atoms with Crippen LogP contribution in [0.4, 0.5) is 0 Å². The molecule has 0 aromatic carbocycles. The maximum Gasteiger partial charge on any atom is 0.0920 e. The highest BCUT2D eigenvalue weighted by molar-refractivity contribution is 5.77. The summed E-state index contributed by atoms with van der Waals surface area (Å²) in [4.78, 5) is 2.20. The lowest BCUT2D eigenvalue weighted by molar-refractivity contribution is 0.247. The van der Waals surface area contributed by atoms with Gasteiger partial charge in [-0.2, -0.15) is 5.10 Å². The fraction of sp³-hybridized carbons (Fsp3) is 0.667. The van der Waals surface area contributed by atoms with Crippen LogP contribution < -0.4 is 5.73 Å². The van der Waals surface area contributed by atoms with Crippen LogP contribution in [0.2, 0.25) is 0 Å². The van der Waals surface area contributed by atoms with Crippen LogP contribution in [0.25, 0.3) is 0 Å². The number of aromatic nitrogens is 2. The van der Waals surface area contributed by atoms with Gasteiger partial charge in [-0.05, 0) is 33.9 Å². The molecule has 0 amide bonds. The Labute approximate surface area is 103 Å². The summed E-state index contributed by atoms with van der Waals surface area (Å²) >= 11 is 0. The van der Waals surface area contributed by atoms with Crippen LogP contribution >= 0.6 is 0 Å². The maximum absolute atomic E-state index is 7.31. The number of hydrogen-bond acceptors (Lipinski definition) is 3. The van der Waals surface area contributed by atoms with E-state index in [0.717, 1.165) is 18.8 Å². The quantitative estimate of drug-likeness (QED) is 0.579. The van der Waals surface area contributed by atoms with Crippen molar-refractivity contribution in [1.82, 2.24) is 14.7 Å². The maximum atomic E-state index is 7.31. The highest BCUT2D eigenvalue weighted by Gasteiger charge is 2.13. The molecule has 0 spiro atoms. The fourth-order valence-electron chi connectivity index (χ4n) is 1.89. The molecule has 1 aromatic heterocycles. The van der Waals surface area contributed by atoms with E-state index in [1.54, 1.807) is 0 Å². The van der Waals surface area contributed by atoms with Crippen molar-refractivity contribution in [3.05, 3.63) is 17.5 Å². The largest absolute Gasteiger partial charge is 0.388 e. The molecule has 0 fully saturated rings. The van der Waals surface area contributed by atoms with E-state index >= 15 is 0 Å². The van der Waals surface area contributed by atoms with Gasteiger partial charge in [0.15, 0.2) is 0 Å². The van der Waals surface area contributed by atoms with Crippen molar-refractivity contribution in [3.8, 4) is 0 Å². The summed E-state index contributed by atoms with van der Waals surface area (Å²) in [6.07, 6.45) is 0.607. The lowest BCUT2D eigenvalue weighted by Gasteiger charge is -2.24. The molecule has 17 heavy (non-hydrogen) atoms. The summed E-state index contributed by atoms with van der Waals surface area (Å²) in [5, 5.41) is 11.7. The highest BCUT2D eigenvalue weighted by atomic mass is 15.3. The molecule has 0 aliphatic rings. The van der Waals surface area contributed by atoms with Crippen LogP contribution in [0.1, 0.15) is 31.7 Å². The van der Waals surface area contributed by atoms with E-state index in [0.29, 0.717) is 6.42 Å². The second-order valence-corrected chi connectivity index (χ2v) is 4.59. The molecule has 0 aliphatic heterocycles. The normalized spacial score (nSPS) is 13.0. The first-order valence-corrected chi connectivity index (χ1v) is 6.00. The zero-order valence-corrected chi connectivity index (χ0v) is 11.2. The van der Waals surface area contributed by atoms with E-state index in [-0.39, 0.29) is 11.9 Å². The molecule has 1 heterocycles. The van der Waals surface area contributed by atoms with Gasteiger partial charge in [-0.15, -0.1) is 0 Å². The van der Waals surface area contributed by atoms with Crippen molar-refractivity contribution in [2.24, 2.45) is 5.73 Å². The van der Waals surface area contributed by atoms with E-state index in [9.17, 15) is 0 Å². The third-order valence-corrected chi connectivity index (χ3v) is 2.96. The number of hydrogen-bond donors (Lipinski definition) is 2. The van der Waals surface area contributed by atoms with Crippen LogP contribution in [0.15, 0.2) is 6.07 Å². The number of rotatable bonds is 6. The average Bonchev–Trinajstić information content (AvgIpc) is 2.57. The molecule has 1 aromatic rings. The number of nitrogens with one attached hydrogen (secondary N) is 1. The van der Waals surface area contributed by atoms with Crippen molar-refractivity contribution in [3.63, 3.8) is 0 Å². The van der Waals surface area contributed by atoms with E-state index in [4.69, 9.17) is 11.1 Å². The smallest absolute Gasteiger partial charge is 0.0920 e. The van der Waals surface area contributed by atoms with Gasteiger partial charge in [-0.1, -0.05) is 0 Å². The Bertz CT molecular complexity index is 382. The van der Waals surface area contributed by atoms with Crippen LogP contribution in [-0.4, -0.2) is 33.6 Å². The molecule has 1 rings (SSSR count). The second-order valence-electron chi connectivity index (χ2n) is 4.59. The number of aryl methyl sites for hydroxylation is 2. The van der Waals surface area contributed by atoms with Crippen molar-refractivity contribution in [2.75, 3.05) is 7.05 Å². The number of amidine groups is 1. The number of nitrogens with two attached hydrogens (primary N) is 1. The summed E-state index contributed by atoms with van der Waals surface area (Å²) in [5.74, 6) is 0.240. The highest BCUT2D eigenvalue weighted by Crippen LogP contribution is 2.10. The van der Waals surface area contributed by atoms with E-state index in [1.165, 1.54) is 5.69 Å². The molecule has 5 heteroatoms. The lowest BCUT2D eigenvalue weighted by Crippen LogP contribution is -2.33. The van der Waals surface area contributed by atoms with Gasteiger partial charge < -0.3 is 5.73 Å². The van der Waals surface area contributed by atoms with Crippen molar-refractivity contribution in [1.29, 1.82) is 5.41 Å². The first-order chi connectivity index (χ1) is 7.93. The Morgan fingerprint density at radius 3 is 2.82 bits per heavy atom. The molecule has 0 bridgehead atoms. The fourth-order valence-corrected chi connectivity index (χ4v) is 1.89. The predicted octanol–water partition coefficient (Wildman–Crippen LogP) is 1.36. The standard InChI is InChI=1S/C12H23N5/c1-5-17-11(6-9(2)15-17)8-16(4)10(3)7-12(13)14/h6,10H,5,7-8H2,1-4H3,(H3,13,14). The Hall–Kier alpha value is -1.36. The summed E-state index contributed by atoms with van der Waals surface area (Å²) in [6.45, 7) is 7.91. The summed E-state index contributed by atoms with van der Waals surface area (Å²) in [5.41, 5.74) is 7.69. The van der Waals surface area contributed by atoms with Crippen molar-refractivity contribution < 1.29 is 0 Å². The van der Waals surface area contributed by atoms with Gasteiger partial charge in [0.05, 0.1) is 17.2 Å². The molecule has 0 saturated heterocycles. The van der Waals surface area contributed by atoms with Crippen LogP contribution in [0, 0.1) is 12.3 Å². The zero-order valence-electron chi connectivity index (χ0n) is 11.2. The van der Waals surface area contributed by atoms with Crippen molar-refractivity contribution in [2.45, 2.75) is 46.3 Å². The van der Waals surface area contributed by atoms with Crippen LogP contribution in [0.3, 0.4) is 0 Å². The Morgan fingerprint density at radius 2 is 2.29 bits per heavy atom. The van der Waals surface area contributed by atoms with Gasteiger partial charge in [-0.25, -0.2) is 0 Å². The topological polar surface area (TPSA) is 70.9 Å². The van der Waals surface area contributed by atoms with Gasteiger partial charge in [-0.3, -0.25) is 15.0 Å². The minimum atomic E-state index is 0.240. The molecule has 96 valence electrons. The molecule has 3 N–H and O–H groups in total. The van der Waals surface area contributed by atoms with Crippen LogP contribution in [0.5, 0.6) is 0 Å². The first-order valence-electron chi connectivity index (χ1n) is 6.00. The third-order valence-electron chi connectivity index (χ3n) is 2.96. The Balaban J connectivity index is 2.66. The summed E-state index contributed by atoms with van der Waals surface area (Å²) in [6, 6.07) is 2.38. The third kappa shape index (κ3) is 3.85. The van der Waals surface area contributed by atoms with Crippen molar-refractivity contribution >= 4 is 5.84 Å². The molecule has 0 radical (unpaired) electrons. The van der Waals surface area contributed by atoms with E-state index in [2.05, 4.69) is 37.0 Å². The molecule has 0 aliphatic carbocycles. The monoisotopic (exact) mass is 237 g/mol. The minimum Gasteiger partial charge on any atom is -0.388 e. The minimum absolute atomic E-state index is 0.240. The summed E-state index contributed by atoms with van der Waals surface area (Å²) in [7, 11) is 2.05. The van der Waals surface area contributed by atoms with Gasteiger partial charge in [0, 0.05) is 25.6 Å². The van der Waals surface area contributed by atoms with Gasteiger partial charge >= 0.3 is 0 Å². The Kier molecular flexibility index (Phi) is 4.69. The second kappa shape index (κ2) is 5.82. The SMILES string of the molecule is CCn1nc(C)cc1CN(C)C(C)CC(=N)N. The zero-order chi connectivity index (χ0) is 13.0. The van der Waals surface area contributed by atoms with Crippen LogP contribution in [-0.2, 0) is 13.1 Å². The molecular weight excluding hydrogens is 214 g/mol. The van der Waals surface area contributed by atoms with Gasteiger partial charge in [0.1, 0.15) is 0 Å². The predicted molar refractivity (Wildman–Crippen MR) is 70.1 cm³/mol. The number of nitrogens with zero attached hydrogens (tertiary/aromatic N) is 3. The molecule has 0 saturated carbocycles. The molecule has 1 atom stereocenters. The molecule has 5 nitrogen and oxygen atoms in total. The molecular formula is C12H23N5. The van der Waals surface area contributed by atoms with E-state index < -0.39 is 0 Å². The molecule has 1 unspecified atom stereocenters. The van der Waals surface area contributed by atoms with Gasteiger partial charge in [0.2, 0.25) is 0 Å². The summed E-state index contributed by atoms with van der Waals surface area (Å²) < 4.78 is 2.02. The van der Waals surface area contributed by atoms with Gasteiger partial charge in [0.25, 0.3) is 0 Å². The Morgan fingerprint density at radius 1 is 1.65 bits per heavy atom. The average molecular weight is 237 g/mol. The lowest BCUT2D eigenvalue weighted by atomic mass is 10.2. The first kappa shape index (κ1) is 13.7. The van der Waals surface area contributed by atoms with E-state index in [1.807, 2.05) is 11.6 Å².